The summed E-state index contributed by atoms with van der Waals surface area (Å²) < 4.78 is 0. The standard InChI is InChI=1S/C18H25NO/c1-4-5-8-11-19-16-10-7-6-9-15(16)18-14(3)13(2)12-17(18)20/h6-7,9-10,13,19H,4-5,8,11-12H2,1-3H3. The van der Waals surface area contributed by atoms with Crippen molar-refractivity contribution in [3.05, 3.63) is 35.4 Å². The topological polar surface area (TPSA) is 29.1 Å². The second-order valence-corrected chi connectivity index (χ2v) is 5.77. The van der Waals surface area contributed by atoms with Crippen molar-refractivity contribution in [2.75, 3.05) is 11.9 Å². The highest BCUT2D eigenvalue weighted by atomic mass is 16.1. The van der Waals surface area contributed by atoms with Gasteiger partial charge in [0, 0.05) is 29.8 Å². The Morgan fingerprint density at radius 2 is 2.00 bits per heavy atom. The van der Waals surface area contributed by atoms with E-state index < -0.39 is 0 Å². The van der Waals surface area contributed by atoms with Crippen molar-refractivity contribution in [1.82, 2.24) is 0 Å². The van der Waals surface area contributed by atoms with Crippen molar-refractivity contribution in [3.63, 3.8) is 0 Å². The molecule has 1 aliphatic rings. The molecule has 2 nitrogen and oxygen atoms in total. The first kappa shape index (κ1) is 14.8. The van der Waals surface area contributed by atoms with Crippen LogP contribution >= 0.6 is 0 Å². The number of hydrogen-bond acceptors (Lipinski definition) is 2. The van der Waals surface area contributed by atoms with E-state index in [-0.39, 0.29) is 5.78 Å². The molecule has 2 heteroatoms. The minimum Gasteiger partial charge on any atom is -0.385 e. The zero-order valence-electron chi connectivity index (χ0n) is 12.8. The van der Waals surface area contributed by atoms with Crippen LogP contribution in [0.3, 0.4) is 0 Å². The van der Waals surface area contributed by atoms with Crippen molar-refractivity contribution < 1.29 is 4.79 Å². The molecule has 0 radical (unpaired) electrons. The van der Waals surface area contributed by atoms with Crippen LogP contribution in [0.4, 0.5) is 5.69 Å². The van der Waals surface area contributed by atoms with E-state index in [0.29, 0.717) is 12.3 Å². The van der Waals surface area contributed by atoms with E-state index in [0.717, 1.165) is 23.4 Å². The number of hydrogen-bond donors (Lipinski definition) is 1. The van der Waals surface area contributed by atoms with Crippen molar-refractivity contribution in [3.8, 4) is 0 Å². The summed E-state index contributed by atoms with van der Waals surface area (Å²) in [4.78, 5) is 12.2. The quantitative estimate of drug-likeness (QED) is 0.762. The number of ketones is 1. The van der Waals surface area contributed by atoms with E-state index in [1.165, 1.54) is 24.8 Å². The summed E-state index contributed by atoms with van der Waals surface area (Å²) in [6.45, 7) is 7.41. The molecule has 108 valence electrons. The number of carbonyl (C=O) groups excluding carboxylic acids is 1. The summed E-state index contributed by atoms with van der Waals surface area (Å²) in [7, 11) is 0. The summed E-state index contributed by atoms with van der Waals surface area (Å²) in [6, 6.07) is 8.20. The molecule has 0 aliphatic heterocycles. The van der Waals surface area contributed by atoms with Gasteiger partial charge in [0.1, 0.15) is 0 Å². The first-order chi connectivity index (χ1) is 9.65. The van der Waals surface area contributed by atoms with Crippen LogP contribution in [0.25, 0.3) is 5.57 Å². The minimum absolute atomic E-state index is 0.290. The smallest absolute Gasteiger partial charge is 0.164 e. The van der Waals surface area contributed by atoms with E-state index in [4.69, 9.17) is 0 Å². The molecule has 0 fully saturated rings. The number of para-hydroxylation sites is 1. The Morgan fingerprint density at radius 3 is 2.65 bits per heavy atom. The van der Waals surface area contributed by atoms with E-state index in [1.807, 2.05) is 12.1 Å². The number of carbonyl (C=O) groups is 1. The Morgan fingerprint density at radius 1 is 1.25 bits per heavy atom. The minimum atomic E-state index is 0.290. The molecular weight excluding hydrogens is 246 g/mol. The van der Waals surface area contributed by atoms with Crippen LogP contribution in [0.15, 0.2) is 29.8 Å². The number of nitrogens with one attached hydrogen (secondary N) is 1. The summed E-state index contributed by atoms with van der Waals surface area (Å²) in [6.07, 6.45) is 4.30. The van der Waals surface area contributed by atoms with Crippen LogP contribution in [0, 0.1) is 5.92 Å². The highest BCUT2D eigenvalue weighted by Crippen LogP contribution is 2.37. The molecular formula is C18H25NO. The van der Waals surface area contributed by atoms with E-state index in [2.05, 4.69) is 38.2 Å². The van der Waals surface area contributed by atoms with Gasteiger partial charge in [0.15, 0.2) is 5.78 Å². The second kappa shape index (κ2) is 6.74. The lowest BCUT2D eigenvalue weighted by molar-refractivity contribution is -0.113. The normalized spacial score (nSPS) is 18.8. The molecule has 0 amide bonds. The Labute approximate surface area is 122 Å². The van der Waals surface area contributed by atoms with Gasteiger partial charge >= 0.3 is 0 Å². The Hall–Kier alpha value is -1.57. The predicted octanol–water partition coefficient (Wildman–Crippen LogP) is 4.67. The molecule has 1 aliphatic carbocycles. The van der Waals surface area contributed by atoms with Crippen LogP contribution in [0.2, 0.25) is 0 Å². The lowest BCUT2D eigenvalue weighted by atomic mass is 9.98. The fourth-order valence-corrected chi connectivity index (χ4v) is 2.82. The molecule has 0 spiro atoms. The number of rotatable bonds is 6. The first-order valence-electron chi connectivity index (χ1n) is 7.72. The summed E-state index contributed by atoms with van der Waals surface area (Å²) in [5.41, 5.74) is 4.35. The Kier molecular flexibility index (Phi) is 4.99. The zero-order chi connectivity index (χ0) is 14.5. The Bertz CT molecular complexity index is 516. The molecule has 0 heterocycles. The molecule has 1 aromatic carbocycles. The highest BCUT2D eigenvalue weighted by molar-refractivity contribution is 6.25. The molecule has 20 heavy (non-hydrogen) atoms. The third-order valence-corrected chi connectivity index (χ3v) is 4.20. The molecule has 1 atom stereocenters. The molecule has 0 aromatic heterocycles. The number of allylic oxidation sites excluding steroid dienone is 2. The molecule has 1 N–H and O–H groups in total. The maximum atomic E-state index is 12.2. The third-order valence-electron chi connectivity index (χ3n) is 4.20. The van der Waals surface area contributed by atoms with Gasteiger partial charge in [0.2, 0.25) is 0 Å². The third kappa shape index (κ3) is 3.12. The monoisotopic (exact) mass is 271 g/mol. The molecule has 2 rings (SSSR count). The van der Waals surface area contributed by atoms with Gasteiger partial charge < -0.3 is 5.32 Å². The van der Waals surface area contributed by atoms with Gasteiger partial charge in [0.25, 0.3) is 0 Å². The van der Waals surface area contributed by atoms with Crippen LogP contribution in [-0.2, 0) is 4.79 Å². The van der Waals surface area contributed by atoms with Gasteiger partial charge in [0.05, 0.1) is 0 Å². The van der Waals surface area contributed by atoms with E-state index in [9.17, 15) is 4.79 Å². The maximum Gasteiger partial charge on any atom is 0.164 e. The average molecular weight is 271 g/mol. The van der Waals surface area contributed by atoms with Gasteiger partial charge in [-0.2, -0.15) is 0 Å². The Balaban J connectivity index is 2.22. The molecule has 1 aromatic rings. The van der Waals surface area contributed by atoms with Gasteiger partial charge in [-0.25, -0.2) is 0 Å². The van der Waals surface area contributed by atoms with Crippen LogP contribution < -0.4 is 5.32 Å². The first-order valence-corrected chi connectivity index (χ1v) is 7.72. The van der Waals surface area contributed by atoms with Gasteiger partial charge in [-0.3, -0.25) is 4.79 Å². The second-order valence-electron chi connectivity index (χ2n) is 5.77. The number of anilines is 1. The summed E-state index contributed by atoms with van der Waals surface area (Å²) in [5, 5.41) is 3.49. The molecule has 0 bridgehead atoms. The maximum absolute atomic E-state index is 12.2. The van der Waals surface area contributed by atoms with Crippen LogP contribution in [-0.4, -0.2) is 12.3 Å². The lowest BCUT2D eigenvalue weighted by Crippen LogP contribution is -2.06. The largest absolute Gasteiger partial charge is 0.385 e. The van der Waals surface area contributed by atoms with Crippen molar-refractivity contribution in [2.24, 2.45) is 5.92 Å². The van der Waals surface area contributed by atoms with Crippen molar-refractivity contribution in [1.29, 1.82) is 0 Å². The molecule has 1 unspecified atom stereocenters. The van der Waals surface area contributed by atoms with Crippen molar-refractivity contribution in [2.45, 2.75) is 46.5 Å². The highest BCUT2D eigenvalue weighted by Gasteiger charge is 2.28. The van der Waals surface area contributed by atoms with E-state index in [1.54, 1.807) is 0 Å². The number of Topliss-reactive ketones (excluding diaryl/α,β-unsaturated/α-hetero) is 1. The number of benzene rings is 1. The lowest BCUT2D eigenvalue weighted by Gasteiger charge is -2.13. The van der Waals surface area contributed by atoms with Crippen LogP contribution in [0.1, 0.15) is 52.0 Å². The average Bonchev–Trinajstić information content (AvgIpc) is 2.69. The summed E-state index contributed by atoms with van der Waals surface area (Å²) >= 11 is 0. The SMILES string of the molecule is CCCCCNc1ccccc1C1=C(C)C(C)CC1=O. The fourth-order valence-electron chi connectivity index (χ4n) is 2.82. The zero-order valence-corrected chi connectivity index (χ0v) is 12.8. The van der Waals surface area contributed by atoms with E-state index >= 15 is 0 Å². The fraction of sp³-hybridized carbons (Fsp3) is 0.500. The van der Waals surface area contributed by atoms with Crippen LogP contribution in [0.5, 0.6) is 0 Å². The van der Waals surface area contributed by atoms with Crippen molar-refractivity contribution >= 4 is 17.0 Å². The predicted molar refractivity (Wildman–Crippen MR) is 85.8 cm³/mol. The number of unbranched alkanes of at least 4 members (excludes halogenated alkanes) is 2. The summed E-state index contributed by atoms with van der Waals surface area (Å²) in [5.74, 6) is 0.670. The van der Waals surface area contributed by atoms with Gasteiger partial charge in [-0.15, -0.1) is 0 Å². The molecule has 0 saturated carbocycles. The van der Waals surface area contributed by atoms with Gasteiger partial charge in [-0.05, 0) is 25.3 Å². The van der Waals surface area contributed by atoms with Gasteiger partial charge in [-0.1, -0.05) is 50.5 Å². The molecule has 0 saturated heterocycles.